The summed E-state index contributed by atoms with van der Waals surface area (Å²) >= 11 is 1.93. The maximum atomic E-state index is 11.0. The van der Waals surface area contributed by atoms with E-state index in [0.717, 1.165) is 37.7 Å². The van der Waals surface area contributed by atoms with Crippen molar-refractivity contribution in [2.24, 2.45) is 0 Å². The summed E-state index contributed by atoms with van der Waals surface area (Å²) in [7, 11) is 0. The molecule has 2 aliphatic heterocycles. The summed E-state index contributed by atoms with van der Waals surface area (Å²) < 4.78 is 0. The standard InChI is InChI=1S/C11H18N2O2S/c14-10(15)9-3-6-16-11(12-9)4-5-13(7-11)8-1-2-8/h8-9,12H,1-7H2,(H,14,15). The Morgan fingerprint density at radius 3 is 2.94 bits per heavy atom. The first-order valence-corrected chi connectivity index (χ1v) is 7.06. The minimum absolute atomic E-state index is 0.0316. The zero-order valence-electron chi connectivity index (χ0n) is 9.32. The summed E-state index contributed by atoms with van der Waals surface area (Å²) in [5, 5.41) is 12.4. The second-order valence-electron chi connectivity index (χ2n) is 5.12. The number of thioether (sulfide) groups is 1. The largest absolute Gasteiger partial charge is 0.480 e. The van der Waals surface area contributed by atoms with Crippen molar-refractivity contribution in [3.8, 4) is 0 Å². The average Bonchev–Trinajstić information content (AvgIpc) is 3.04. The SMILES string of the molecule is O=C(O)C1CCSC2(CCN(C3CC3)C2)N1. The van der Waals surface area contributed by atoms with E-state index in [4.69, 9.17) is 5.11 Å². The Hall–Kier alpha value is -0.260. The van der Waals surface area contributed by atoms with E-state index < -0.39 is 5.97 Å². The van der Waals surface area contributed by atoms with Gasteiger partial charge in [0.2, 0.25) is 0 Å². The number of likely N-dealkylation sites (tertiary alicyclic amines) is 1. The van der Waals surface area contributed by atoms with Gasteiger partial charge in [-0.1, -0.05) is 0 Å². The van der Waals surface area contributed by atoms with Crippen molar-refractivity contribution in [3.05, 3.63) is 0 Å². The number of nitrogens with one attached hydrogen (secondary N) is 1. The van der Waals surface area contributed by atoms with Crippen LogP contribution in [0.1, 0.15) is 25.7 Å². The smallest absolute Gasteiger partial charge is 0.320 e. The number of hydrogen-bond donors (Lipinski definition) is 2. The quantitative estimate of drug-likeness (QED) is 0.747. The first kappa shape index (κ1) is 10.9. The van der Waals surface area contributed by atoms with E-state index >= 15 is 0 Å². The van der Waals surface area contributed by atoms with Crippen LogP contribution in [0, 0.1) is 0 Å². The van der Waals surface area contributed by atoms with E-state index in [1.807, 2.05) is 11.8 Å². The lowest BCUT2D eigenvalue weighted by Gasteiger charge is -2.37. The molecular weight excluding hydrogens is 224 g/mol. The van der Waals surface area contributed by atoms with Crippen LogP contribution in [0.25, 0.3) is 0 Å². The topological polar surface area (TPSA) is 52.6 Å². The lowest BCUT2D eigenvalue weighted by Crippen LogP contribution is -2.56. The van der Waals surface area contributed by atoms with Crippen molar-refractivity contribution in [1.29, 1.82) is 0 Å². The van der Waals surface area contributed by atoms with Gasteiger partial charge in [0.05, 0.1) is 4.87 Å². The molecule has 4 nitrogen and oxygen atoms in total. The number of aliphatic carboxylic acids is 1. The van der Waals surface area contributed by atoms with Gasteiger partial charge in [-0.2, -0.15) is 0 Å². The maximum Gasteiger partial charge on any atom is 0.320 e. The van der Waals surface area contributed by atoms with Crippen LogP contribution >= 0.6 is 11.8 Å². The fourth-order valence-electron chi connectivity index (χ4n) is 2.79. The highest BCUT2D eigenvalue weighted by atomic mass is 32.2. The van der Waals surface area contributed by atoms with Gasteiger partial charge in [0.15, 0.2) is 0 Å². The van der Waals surface area contributed by atoms with E-state index in [-0.39, 0.29) is 10.9 Å². The van der Waals surface area contributed by atoms with Crippen molar-refractivity contribution in [3.63, 3.8) is 0 Å². The van der Waals surface area contributed by atoms with Gasteiger partial charge in [-0.25, -0.2) is 0 Å². The third-order valence-corrected chi connectivity index (χ3v) is 5.29. The molecule has 2 N–H and O–H groups in total. The van der Waals surface area contributed by atoms with Crippen molar-refractivity contribution in [2.75, 3.05) is 18.8 Å². The molecule has 5 heteroatoms. The van der Waals surface area contributed by atoms with Gasteiger partial charge >= 0.3 is 5.97 Å². The van der Waals surface area contributed by atoms with E-state index in [1.165, 1.54) is 12.8 Å². The van der Waals surface area contributed by atoms with Crippen LogP contribution < -0.4 is 5.32 Å². The van der Waals surface area contributed by atoms with Gasteiger partial charge in [0, 0.05) is 19.1 Å². The number of carboxylic acid groups (broad SMARTS) is 1. The third-order valence-electron chi connectivity index (χ3n) is 3.84. The normalized spacial score (nSPS) is 40.4. The lowest BCUT2D eigenvalue weighted by molar-refractivity contribution is -0.140. The molecule has 3 aliphatic rings. The second kappa shape index (κ2) is 3.89. The average molecular weight is 242 g/mol. The second-order valence-corrected chi connectivity index (χ2v) is 6.60. The summed E-state index contributed by atoms with van der Waals surface area (Å²) in [6.07, 6.45) is 4.52. The molecule has 2 unspecified atom stereocenters. The molecule has 0 aromatic carbocycles. The first-order valence-electron chi connectivity index (χ1n) is 6.07. The van der Waals surface area contributed by atoms with Crippen molar-refractivity contribution in [1.82, 2.24) is 10.2 Å². The molecule has 0 amide bonds. The molecule has 2 atom stereocenters. The molecule has 1 spiro atoms. The van der Waals surface area contributed by atoms with Crippen LogP contribution in [-0.2, 0) is 4.79 Å². The Labute approximate surface area is 99.8 Å². The van der Waals surface area contributed by atoms with Crippen LogP contribution in [0.3, 0.4) is 0 Å². The highest BCUT2D eigenvalue weighted by Gasteiger charge is 2.46. The summed E-state index contributed by atoms with van der Waals surface area (Å²) in [6, 6.07) is 0.465. The molecule has 1 saturated carbocycles. The van der Waals surface area contributed by atoms with E-state index in [9.17, 15) is 4.79 Å². The van der Waals surface area contributed by atoms with E-state index in [0.29, 0.717) is 0 Å². The predicted octanol–water partition coefficient (Wildman–Crippen LogP) is 0.730. The van der Waals surface area contributed by atoms with Crippen molar-refractivity contribution >= 4 is 17.7 Å². The maximum absolute atomic E-state index is 11.0. The fourth-order valence-corrected chi connectivity index (χ4v) is 4.25. The number of carbonyl (C=O) groups is 1. The number of rotatable bonds is 2. The zero-order chi connectivity index (χ0) is 11.2. The molecule has 2 heterocycles. The highest BCUT2D eigenvalue weighted by molar-refractivity contribution is 8.00. The molecule has 1 aliphatic carbocycles. The Bertz CT molecular complexity index is 308. The Balaban J connectivity index is 1.66. The van der Waals surface area contributed by atoms with Crippen LogP contribution in [0.15, 0.2) is 0 Å². The lowest BCUT2D eigenvalue weighted by atomic mass is 10.1. The molecular formula is C11H18N2O2S. The van der Waals surface area contributed by atoms with Crippen molar-refractivity contribution < 1.29 is 9.90 Å². The Morgan fingerprint density at radius 1 is 1.44 bits per heavy atom. The molecule has 16 heavy (non-hydrogen) atoms. The summed E-state index contributed by atoms with van der Waals surface area (Å²) in [4.78, 5) is 13.6. The number of nitrogens with zero attached hydrogens (tertiary/aromatic N) is 1. The minimum Gasteiger partial charge on any atom is -0.480 e. The molecule has 3 rings (SSSR count). The van der Waals surface area contributed by atoms with Crippen LogP contribution in [0.5, 0.6) is 0 Å². The minimum atomic E-state index is -0.690. The molecule has 3 fully saturated rings. The Kier molecular flexibility index (Phi) is 2.64. The van der Waals surface area contributed by atoms with E-state index in [2.05, 4.69) is 10.2 Å². The van der Waals surface area contributed by atoms with Gasteiger partial charge in [0.1, 0.15) is 6.04 Å². The monoisotopic (exact) mass is 242 g/mol. The van der Waals surface area contributed by atoms with Crippen LogP contribution in [-0.4, -0.2) is 51.8 Å². The molecule has 0 radical (unpaired) electrons. The van der Waals surface area contributed by atoms with Gasteiger partial charge in [-0.3, -0.25) is 15.0 Å². The molecule has 0 aromatic heterocycles. The molecule has 0 aromatic rings. The Morgan fingerprint density at radius 2 is 2.25 bits per heavy atom. The van der Waals surface area contributed by atoms with Gasteiger partial charge in [-0.05, 0) is 31.4 Å². The van der Waals surface area contributed by atoms with Gasteiger partial charge < -0.3 is 5.11 Å². The van der Waals surface area contributed by atoms with E-state index in [1.54, 1.807) is 0 Å². The summed E-state index contributed by atoms with van der Waals surface area (Å²) in [5.74, 6) is 0.284. The highest BCUT2D eigenvalue weighted by Crippen LogP contribution is 2.41. The summed E-state index contributed by atoms with van der Waals surface area (Å²) in [5.41, 5.74) is 0. The van der Waals surface area contributed by atoms with Crippen molar-refractivity contribution in [2.45, 2.75) is 42.6 Å². The predicted molar refractivity (Wildman–Crippen MR) is 63.6 cm³/mol. The van der Waals surface area contributed by atoms with Gasteiger partial charge in [0.25, 0.3) is 0 Å². The first-order chi connectivity index (χ1) is 7.69. The van der Waals surface area contributed by atoms with Gasteiger partial charge in [-0.15, -0.1) is 11.8 Å². The molecule has 2 saturated heterocycles. The summed E-state index contributed by atoms with van der Waals surface area (Å²) in [6.45, 7) is 2.17. The fraction of sp³-hybridized carbons (Fsp3) is 0.909. The third kappa shape index (κ3) is 1.96. The molecule has 0 bridgehead atoms. The zero-order valence-corrected chi connectivity index (χ0v) is 10.1. The molecule has 90 valence electrons. The van der Waals surface area contributed by atoms with Crippen LogP contribution in [0.4, 0.5) is 0 Å². The number of hydrogen-bond acceptors (Lipinski definition) is 4. The van der Waals surface area contributed by atoms with Crippen LogP contribution in [0.2, 0.25) is 0 Å². The number of carboxylic acids is 1.